The molecule has 2 nitrogen and oxygen atoms in total. The van der Waals surface area contributed by atoms with Crippen LogP contribution in [0.5, 0.6) is 0 Å². The molecule has 0 aromatic carbocycles. The number of thioether (sulfide) groups is 1. The summed E-state index contributed by atoms with van der Waals surface area (Å²) in [6.07, 6.45) is 2.13. The first kappa shape index (κ1) is 11.3. The second kappa shape index (κ2) is 5.01. The highest BCUT2D eigenvalue weighted by Gasteiger charge is 2.20. The molecular weight excluding hydrogens is 158 g/mol. The van der Waals surface area contributed by atoms with E-state index in [0.717, 1.165) is 13.2 Å². The average Bonchev–Trinajstić information content (AvgIpc) is 2.00. The molecule has 0 heterocycles. The predicted octanol–water partition coefficient (Wildman–Crippen LogP) is 1.66. The zero-order valence-corrected chi connectivity index (χ0v) is 8.99. The fourth-order valence-electron chi connectivity index (χ4n) is 0.653. The SMILES string of the molecule is COCCN(C)C(C)(C)SC. The van der Waals surface area contributed by atoms with Crippen LogP contribution in [-0.4, -0.2) is 43.3 Å². The number of rotatable bonds is 5. The molecule has 0 saturated carbocycles. The maximum Gasteiger partial charge on any atom is 0.0608 e. The Hall–Kier alpha value is 0.270. The Morgan fingerprint density at radius 2 is 2.00 bits per heavy atom. The van der Waals surface area contributed by atoms with E-state index in [1.165, 1.54) is 0 Å². The Kier molecular flexibility index (Phi) is 5.13. The van der Waals surface area contributed by atoms with Gasteiger partial charge in [-0.25, -0.2) is 0 Å². The zero-order chi connectivity index (χ0) is 8.91. The van der Waals surface area contributed by atoms with Crippen LogP contribution < -0.4 is 0 Å². The third kappa shape index (κ3) is 3.99. The average molecular weight is 177 g/mol. The van der Waals surface area contributed by atoms with Gasteiger partial charge in [-0.15, -0.1) is 11.8 Å². The van der Waals surface area contributed by atoms with Gasteiger partial charge in [0.1, 0.15) is 0 Å². The number of methoxy groups -OCH3 is 1. The summed E-state index contributed by atoms with van der Waals surface area (Å²) in [5.41, 5.74) is 0. The van der Waals surface area contributed by atoms with Crippen LogP contribution in [0, 0.1) is 0 Å². The number of ether oxygens (including phenoxy) is 1. The third-order valence-corrected chi connectivity index (χ3v) is 3.36. The van der Waals surface area contributed by atoms with Crippen molar-refractivity contribution in [2.24, 2.45) is 0 Å². The smallest absolute Gasteiger partial charge is 0.0608 e. The molecule has 0 aliphatic rings. The number of nitrogens with zero attached hydrogens (tertiary/aromatic N) is 1. The predicted molar refractivity (Wildman–Crippen MR) is 52.1 cm³/mol. The van der Waals surface area contributed by atoms with E-state index in [-0.39, 0.29) is 4.87 Å². The van der Waals surface area contributed by atoms with Gasteiger partial charge in [0.05, 0.1) is 11.5 Å². The molecule has 0 N–H and O–H groups in total. The van der Waals surface area contributed by atoms with Gasteiger partial charge in [-0.05, 0) is 27.2 Å². The number of hydrogen-bond donors (Lipinski definition) is 0. The van der Waals surface area contributed by atoms with Crippen LogP contribution in [-0.2, 0) is 4.74 Å². The highest BCUT2D eigenvalue weighted by Crippen LogP contribution is 2.23. The Morgan fingerprint density at radius 1 is 1.45 bits per heavy atom. The van der Waals surface area contributed by atoms with Crippen molar-refractivity contribution >= 4 is 11.8 Å². The first-order chi connectivity index (χ1) is 5.04. The maximum atomic E-state index is 5.00. The largest absolute Gasteiger partial charge is 0.383 e. The lowest BCUT2D eigenvalue weighted by molar-refractivity contribution is 0.138. The lowest BCUT2D eigenvalue weighted by atomic mass is 10.3. The van der Waals surface area contributed by atoms with Gasteiger partial charge in [-0.3, -0.25) is 4.90 Å². The van der Waals surface area contributed by atoms with E-state index in [1.54, 1.807) is 7.11 Å². The summed E-state index contributed by atoms with van der Waals surface area (Å²) >= 11 is 1.86. The van der Waals surface area contributed by atoms with E-state index in [0.29, 0.717) is 0 Å². The Bertz CT molecular complexity index is 106. The second-order valence-electron chi connectivity index (χ2n) is 3.07. The minimum absolute atomic E-state index is 0.221. The standard InChI is InChI=1S/C8H19NOS/c1-8(2,11-5)9(3)6-7-10-4/h6-7H2,1-5H3. The first-order valence-electron chi connectivity index (χ1n) is 3.80. The Morgan fingerprint density at radius 3 is 2.36 bits per heavy atom. The van der Waals surface area contributed by atoms with Crippen molar-refractivity contribution < 1.29 is 4.74 Å². The number of hydrogen-bond acceptors (Lipinski definition) is 3. The van der Waals surface area contributed by atoms with Crippen LogP contribution in [0.3, 0.4) is 0 Å². The molecular formula is C8H19NOS. The van der Waals surface area contributed by atoms with E-state index in [9.17, 15) is 0 Å². The molecule has 0 fully saturated rings. The molecule has 0 aliphatic heterocycles. The third-order valence-electron chi connectivity index (χ3n) is 2.05. The molecule has 0 radical (unpaired) electrons. The van der Waals surface area contributed by atoms with Gasteiger partial charge in [0.25, 0.3) is 0 Å². The van der Waals surface area contributed by atoms with E-state index >= 15 is 0 Å². The lowest BCUT2D eigenvalue weighted by Gasteiger charge is -2.33. The highest BCUT2D eigenvalue weighted by atomic mass is 32.2. The van der Waals surface area contributed by atoms with Crippen molar-refractivity contribution in [1.82, 2.24) is 4.90 Å². The molecule has 0 unspecified atom stereocenters. The van der Waals surface area contributed by atoms with E-state index < -0.39 is 0 Å². The first-order valence-corrected chi connectivity index (χ1v) is 5.02. The molecule has 68 valence electrons. The monoisotopic (exact) mass is 177 g/mol. The zero-order valence-electron chi connectivity index (χ0n) is 8.18. The summed E-state index contributed by atoms with van der Waals surface area (Å²) in [5.74, 6) is 0. The van der Waals surface area contributed by atoms with Gasteiger partial charge in [0.2, 0.25) is 0 Å². The van der Waals surface area contributed by atoms with E-state index in [1.807, 2.05) is 11.8 Å². The maximum absolute atomic E-state index is 5.00. The van der Waals surface area contributed by atoms with Crippen molar-refractivity contribution in [1.29, 1.82) is 0 Å². The molecule has 0 aliphatic carbocycles. The minimum Gasteiger partial charge on any atom is -0.383 e. The lowest BCUT2D eigenvalue weighted by Crippen LogP contribution is -2.39. The molecule has 0 spiro atoms. The fraction of sp³-hybridized carbons (Fsp3) is 1.00. The summed E-state index contributed by atoms with van der Waals surface area (Å²) in [4.78, 5) is 2.51. The summed E-state index contributed by atoms with van der Waals surface area (Å²) in [7, 11) is 3.86. The van der Waals surface area contributed by atoms with Crippen LogP contribution >= 0.6 is 11.8 Å². The Labute approximate surface area is 74.3 Å². The van der Waals surface area contributed by atoms with Crippen molar-refractivity contribution in [3.8, 4) is 0 Å². The topological polar surface area (TPSA) is 12.5 Å². The summed E-state index contributed by atoms with van der Waals surface area (Å²) in [5, 5.41) is 0. The van der Waals surface area contributed by atoms with Crippen molar-refractivity contribution in [2.75, 3.05) is 33.6 Å². The van der Waals surface area contributed by atoms with Crippen LogP contribution in [0.15, 0.2) is 0 Å². The van der Waals surface area contributed by atoms with E-state index in [4.69, 9.17) is 4.74 Å². The van der Waals surface area contributed by atoms with Crippen LogP contribution in [0.1, 0.15) is 13.8 Å². The van der Waals surface area contributed by atoms with Gasteiger partial charge in [-0.2, -0.15) is 0 Å². The summed E-state index contributed by atoms with van der Waals surface area (Å²) in [6.45, 7) is 6.23. The summed E-state index contributed by atoms with van der Waals surface area (Å²) < 4.78 is 5.00. The van der Waals surface area contributed by atoms with Crippen LogP contribution in [0.2, 0.25) is 0 Å². The molecule has 0 atom stereocenters. The molecule has 3 heteroatoms. The van der Waals surface area contributed by atoms with Crippen molar-refractivity contribution in [3.63, 3.8) is 0 Å². The normalized spacial score (nSPS) is 12.5. The van der Waals surface area contributed by atoms with Gasteiger partial charge >= 0.3 is 0 Å². The van der Waals surface area contributed by atoms with Crippen LogP contribution in [0.25, 0.3) is 0 Å². The number of likely N-dealkylation sites (N-methyl/N-ethyl adjacent to an activating group) is 1. The van der Waals surface area contributed by atoms with Gasteiger partial charge in [0, 0.05) is 13.7 Å². The second-order valence-corrected chi connectivity index (χ2v) is 4.47. The van der Waals surface area contributed by atoms with Crippen LogP contribution in [0.4, 0.5) is 0 Å². The Balaban J connectivity index is 3.71. The van der Waals surface area contributed by atoms with Gasteiger partial charge < -0.3 is 4.74 Å². The molecule has 0 amide bonds. The quantitative estimate of drug-likeness (QED) is 0.593. The molecule has 0 aromatic heterocycles. The van der Waals surface area contributed by atoms with Crippen molar-refractivity contribution in [3.05, 3.63) is 0 Å². The van der Waals surface area contributed by atoms with Crippen molar-refractivity contribution in [2.45, 2.75) is 18.7 Å². The van der Waals surface area contributed by atoms with Gasteiger partial charge in [-0.1, -0.05) is 0 Å². The molecule has 11 heavy (non-hydrogen) atoms. The summed E-state index contributed by atoms with van der Waals surface area (Å²) in [6, 6.07) is 0. The fourth-order valence-corrected chi connectivity index (χ4v) is 1.06. The minimum atomic E-state index is 0.221. The highest BCUT2D eigenvalue weighted by molar-refractivity contribution is 7.99. The van der Waals surface area contributed by atoms with Gasteiger partial charge in [0.15, 0.2) is 0 Å². The van der Waals surface area contributed by atoms with E-state index in [2.05, 4.69) is 32.1 Å². The molecule has 0 saturated heterocycles. The molecule has 0 bridgehead atoms. The molecule has 0 aromatic rings. The molecule has 0 rings (SSSR count).